The summed E-state index contributed by atoms with van der Waals surface area (Å²) in [7, 11) is 0. The number of amides is 4. The van der Waals surface area contributed by atoms with Crippen LogP contribution in [-0.4, -0.2) is 126 Å². The Kier molecular flexibility index (Phi) is 44.8. The minimum absolute atomic E-state index is 0.0375. The molecule has 0 radical (unpaired) electrons. The fourth-order valence-electron chi connectivity index (χ4n) is 8.48. The third-order valence-corrected chi connectivity index (χ3v) is 12.7. The fraction of sp³-hybridized carbons (Fsp3) is 0.907. The van der Waals surface area contributed by atoms with Crippen LogP contribution in [-0.2, 0) is 24.0 Å². The van der Waals surface area contributed by atoms with E-state index in [1.807, 2.05) is 0 Å². The van der Waals surface area contributed by atoms with Gasteiger partial charge in [0.1, 0.15) is 5.78 Å². The standard InChI is InChI=1S/C54H105N5O6/c1-6-10-14-18-22-26-30-34-40-56(46-50(5)61)52(63)48-58(42-36-32-28-24-20-16-12-8-3)54(65)49-59(43-37-33-29-25-21-17-13-9-4)53(64)47-57(51(62)45-55-39-38-44-60)41-35-31-27-23-19-15-11-7-2/h55,60H,6-49H2,1-5H3. The number of hydrogen-bond donors (Lipinski definition) is 2. The van der Waals surface area contributed by atoms with Gasteiger partial charge >= 0.3 is 0 Å². The van der Waals surface area contributed by atoms with Crippen LogP contribution in [0.3, 0.4) is 0 Å². The molecule has 0 saturated carbocycles. The minimum atomic E-state index is -0.254. The second-order valence-corrected chi connectivity index (χ2v) is 19.1. The van der Waals surface area contributed by atoms with Gasteiger partial charge in [-0.25, -0.2) is 0 Å². The smallest absolute Gasteiger partial charge is 0.242 e. The summed E-state index contributed by atoms with van der Waals surface area (Å²) >= 11 is 0. The topological polar surface area (TPSA) is 131 Å². The average Bonchev–Trinajstić information content (AvgIpc) is 3.29. The Labute approximate surface area is 400 Å². The predicted molar refractivity (Wildman–Crippen MR) is 272 cm³/mol. The van der Waals surface area contributed by atoms with Crippen molar-refractivity contribution in [2.75, 3.05) is 72.1 Å². The van der Waals surface area contributed by atoms with Gasteiger partial charge in [-0.3, -0.25) is 24.0 Å². The number of carbonyl (C=O) groups is 5. The van der Waals surface area contributed by atoms with E-state index in [1.54, 1.807) is 19.6 Å². The van der Waals surface area contributed by atoms with Gasteiger partial charge in [-0.1, -0.05) is 207 Å². The van der Waals surface area contributed by atoms with Crippen molar-refractivity contribution in [3.63, 3.8) is 0 Å². The van der Waals surface area contributed by atoms with Crippen LogP contribution in [0.1, 0.15) is 247 Å². The maximum absolute atomic E-state index is 14.5. The molecule has 0 spiro atoms. The molecular weight excluding hydrogens is 815 g/mol. The molecule has 0 atom stereocenters. The quantitative estimate of drug-likeness (QED) is 0.0581. The molecule has 0 aromatic rings. The first-order chi connectivity index (χ1) is 31.6. The van der Waals surface area contributed by atoms with E-state index in [0.717, 1.165) is 89.9 Å². The normalized spacial score (nSPS) is 11.2. The summed E-state index contributed by atoms with van der Waals surface area (Å²) in [4.78, 5) is 75.4. The largest absolute Gasteiger partial charge is 0.396 e. The molecule has 0 aliphatic carbocycles. The molecule has 11 heteroatoms. The summed E-state index contributed by atoms with van der Waals surface area (Å²) < 4.78 is 0. The molecular formula is C54H105N5O6. The summed E-state index contributed by atoms with van der Waals surface area (Å²) in [6.45, 7) is 12.5. The van der Waals surface area contributed by atoms with Gasteiger partial charge in [-0.15, -0.1) is 0 Å². The maximum Gasteiger partial charge on any atom is 0.242 e. The van der Waals surface area contributed by atoms with Gasteiger partial charge in [-0.05, 0) is 45.6 Å². The van der Waals surface area contributed by atoms with Gasteiger partial charge in [-0.2, -0.15) is 0 Å². The maximum atomic E-state index is 14.5. The number of ketones is 1. The number of hydrogen-bond acceptors (Lipinski definition) is 7. The zero-order chi connectivity index (χ0) is 48.0. The molecule has 4 amide bonds. The lowest BCUT2D eigenvalue weighted by atomic mass is 10.1. The van der Waals surface area contributed by atoms with Crippen LogP contribution in [0.15, 0.2) is 0 Å². The molecule has 11 nitrogen and oxygen atoms in total. The molecule has 0 unspecified atom stereocenters. The van der Waals surface area contributed by atoms with E-state index >= 15 is 0 Å². The van der Waals surface area contributed by atoms with Crippen molar-refractivity contribution in [3.8, 4) is 0 Å². The Bertz CT molecular complexity index is 1150. The molecule has 0 rings (SSSR count). The number of unbranched alkanes of at least 4 members (excludes halogenated alkanes) is 28. The summed E-state index contributed by atoms with van der Waals surface area (Å²) in [6.07, 6.45) is 36.4. The second-order valence-electron chi connectivity index (χ2n) is 19.1. The molecule has 382 valence electrons. The lowest BCUT2D eigenvalue weighted by Crippen LogP contribution is -2.51. The van der Waals surface area contributed by atoms with E-state index < -0.39 is 0 Å². The van der Waals surface area contributed by atoms with Crippen LogP contribution < -0.4 is 5.32 Å². The minimum Gasteiger partial charge on any atom is -0.396 e. The van der Waals surface area contributed by atoms with Crippen molar-refractivity contribution in [2.24, 2.45) is 0 Å². The number of rotatable bonds is 49. The molecule has 0 fully saturated rings. The van der Waals surface area contributed by atoms with Gasteiger partial charge in [0.15, 0.2) is 0 Å². The lowest BCUT2D eigenvalue weighted by molar-refractivity contribution is -0.146. The monoisotopic (exact) mass is 920 g/mol. The zero-order valence-corrected chi connectivity index (χ0v) is 43.4. The number of aliphatic hydroxyl groups is 1. The second kappa shape index (κ2) is 46.6. The molecule has 65 heavy (non-hydrogen) atoms. The average molecular weight is 920 g/mol. The van der Waals surface area contributed by atoms with E-state index in [0.29, 0.717) is 39.1 Å². The molecule has 0 aromatic heterocycles. The van der Waals surface area contributed by atoms with Gasteiger partial charge in [0.2, 0.25) is 23.6 Å². The Morgan fingerprint density at radius 1 is 0.338 bits per heavy atom. The highest BCUT2D eigenvalue weighted by Gasteiger charge is 2.27. The summed E-state index contributed by atoms with van der Waals surface area (Å²) in [5.41, 5.74) is 0. The predicted octanol–water partition coefficient (Wildman–Crippen LogP) is 11.4. The summed E-state index contributed by atoms with van der Waals surface area (Å²) in [6, 6.07) is 0. The van der Waals surface area contributed by atoms with E-state index in [-0.39, 0.29) is 68.7 Å². The molecule has 0 bridgehead atoms. The highest BCUT2D eigenvalue weighted by Crippen LogP contribution is 2.14. The van der Waals surface area contributed by atoms with E-state index in [2.05, 4.69) is 33.0 Å². The summed E-state index contributed by atoms with van der Waals surface area (Å²) in [5.74, 6) is -0.934. The molecule has 0 aromatic carbocycles. The zero-order valence-electron chi connectivity index (χ0n) is 43.4. The van der Waals surface area contributed by atoms with Crippen molar-refractivity contribution in [1.82, 2.24) is 24.9 Å². The van der Waals surface area contributed by atoms with Gasteiger partial charge in [0.25, 0.3) is 0 Å². The third kappa shape index (κ3) is 38.2. The number of Topliss-reactive ketones (excluding diaryl/α,β-unsaturated/α-hetero) is 1. The van der Waals surface area contributed by atoms with Crippen LogP contribution in [0, 0.1) is 0 Å². The fourth-order valence-corrected chi connectivity index (χ4v) is 8.48. The van der Waals surface area contributed by atoms with Crippen LogP contribution >= 0.6 is 0 Å². The first-order valence-electron chi connectivity index (χ1n) is 27.6. The first-order valence-corrected chi connectivity index (χ1v) is 27.6. The highest BCUT2D eigenvalue weighted by molar-refractivity contribution is 5.91. The number of aliphatic hydroxyl groups excluding tert-OH is 1. The number of nitrogens with zero attached hydrogens (tertiary/aromatic N) is 4. The van der Waals surface area contributed by atoms with E-state index in [9.17, 15) is 29.1 Å². The third-order valence-electron chi connectivity index (χ3n) is 12.7. The SMILES string of the molecule is CCCCCCCCCCN(CC(C)=O)C(=O)CN(CCCCCCCCCC)C(=O)CN(CCCCCCCCCC)C(=O)CN(CCCCCCCCCC)C(=O)CNCCCO. The number of nitrogens with one attached hydrogen (secondary N) is 1. The molecule has 0 saturated heterocycles. The van der Waals surface area contributed by atoms with Gasteiger partial charge in [0.05, 0.1) is 32.7 Å². The van der Waals surface area contributed by atoms with E-state index in [4.69, 9.17) is 0 Å². The lowest BCUT2D eigenvalue weighted by Gasteiger charge is -2.31. The van der Waals surface area contributed by atoms with Crippen molar-refractivity contribution < 1.29 is 29.1 Å². The molecule has 0 aliphatic rings. The van der Waals surface area contributed by atoms with Crippen LogP contribution in [0.25, 0.3) is 0 Å². The first kappa shape index (κ1) is 62.5. The Morgan fingerprint density at radius 2 is 0.585 bits per heavy atom. The van der Waals surface area contributed by atoms with Crippen LogP contribution in [0.2, 0.25) is 0 Å². The molecule has 2 N–H and O–H groups in total. The van der Waals surface area contributed by atoms with Gasteiger partial charge in [0, 0.05) is 32.8 Å². The molecule has 0 aliphatic heterocycles. The van der Waals surface area contributed by atoms with Gasteiger partial charge < -0.3 is 30.0 Å². The van der Waals surface area contributed by atoms with Crippen molar-refractivity contribution in [2.45, 2.75) is 247 Å². The van der Waals surface area contributed by atoms with Crippen molar-refractivity contribution >= 4 is 29.4 Å². The highest BCUT2D eigenvalue weighted by atomic mass is 16.3. The Hall–Kier alpha value is -2.53. The Balaban J connectivity index is 6.19. The van der Waals surface area contributed by atoms with E-state index in [1.165, 1.54) is 122 Å². The van der Waals surface area contributed by atoms with Crippen molar-refractivity contribution in [1.29, 1.82) is 0 Å². The molecule has 0 heterocycles. The Morgan fingerprint density at radius 3 is 0.846 bits per heavy atom. The van der Waals surface area contributed by atoms with Crippen LogP contribution in [0.4, 0.5) is 0 Å². The summed E-state index contributed by atoms with van der Waals surface area (Å²) in [5, 5.41) is 12.4. The van der Waals surface area contributed by atoms with Crippen molar-refractivity contribution in [3.05, 3.63) is 0 Å². The van der Waals surface area contributed by atoms with Crippen LogP contribution in [0.5, 0.6) is 0 Å². The number of carbonyl (C=O) groups excluding carboxylic acids is 5.